The topological polar surface area (TPSA) is 35.2 Å². The molecule has 4 heteroatoms. The Morgan fingerprint density at radius 3 is 2.68 bits per heavy atom. The third-order valence-corrected chi connectivity index (χ3v) is 4.93. The molecule has 2 rings (SSSR count). The maximum Gasteiger partial charge on any atom is 0.131 e. The van der Waals surface area contributed by atoms with Crippen LogP contribution >= 0.6 is 28.1 Å². The Balaban J connectivity index is 2.15. The monoisotopic (exact) mass is 341 g/mol. The highest BCUT2D eigenvalue weighted by atomic mass is 79.9. The number of thiocarbonyl (C=S) groups is 1. The van der Waals surface area contributed by atoms with Crippen LogP contribution in [0.15, 0.2) is 22.7 Å². The second-order valence-electron chi connectivity index (χ2n) is 5.48. The lowest BCUT2D eigenvalue weighted by atomic mass is 9.80. The summed E-state index contributed by atoms with van der Waals surface area (Å²) in [5, 5.41) is 0. The van der Waals surface area contributed by atoms with Gasteiger partial charge in [0.15, 0.2) is 0 Å². The molecule has 0 spiro atoms. The van der Waals surface area contributed by atoms with Crippen LogP contribution in [-0.4, -0.2) is 11.1 Å². The van der Waals surface area contributed by atoms with Gasteiger partial charge in [0, 0.05) is 4.47 Å². The van der Waals surface area contributed by atoms with Crippen molar-refractivity contribution in [2.45, 2.75) is 39.2 Å². The Bertz CT molecular complexity index is 477. The molecular formula is C15H20BrNOS. The molecule has 2 N–H and O–H groups in total. The van der Waals surface area contributed by atoms with Crippen LogP contribution in [0, 0.1) is 11.8 Å². The summed E-state index contributed by atoms with van der Waals surface area (Å²) in [7, 11) is 0. The van der Waals surface area contributed by atoms with E-state index in [9.17, 15) is 0 Å². The van der Waals surface area contributed by atoms with Crippen LogP contribution in [0.2, 0.25) is 0 Å². The zero-order valence-corrected chi connectivity index (χ0v) is 13.8. The first-order valence-electron chi connectivity index (χ1n) is 6.74. The van der Waals surface area contributed by atoms with Crippen LogP contribution < -0.4 is 10.5 Å². The van der Waals surface area contributed by atoms with E-state index in [4.69, 9.17) is 22.7 Å². The minimum atomic E-state index is 0.272. The van der Waals surface area contributed by atoms with Gasteiger partial charge in [-0.05, 0) is 59.2 Å². The molecular weight excluding hydrogens is 322 g/mol. The number of ether oxygens (including phenoxy) is 1. The van der Waals surface area contributed by atoms with E-state index in [1.807, 2.05) is 18.2 Å². The van der Waals surface area contributed by atoms with Crippen molar-refractivity contribution in [2.75, 3.05) is 0 Å². The van der Waals surface area contributed by atoms with Gasteiger partial charge < -0.3 is 10.5 Å². The molecule has 1 aromatic carbocycles. The van der Waals surface area contributed by atoms with Crippen molar-refractivity contribution in [3.8, 4) is 5.75 Å². The molecule has 1 aliphatic carbocycles. The Hall–Kier alpha value is -0.610. The Morgan fingerprint density at radius 1 is 1.32 bits per heavy atom. The zero-order chi connectivity index (χ0) is 14.0. The summed E-state index contributed by atoms with van der Waals surface area (Å²) in [5.41, 5.74) is 6.60. The largest absolute Gasteiger partial charge is 0.490 e. The molecule has 1 saturated carbocycles. The van der Waals surface area contributed by atoms with Gasteiger partial charge in [-0.25, -0.2) is 0 Å². The van der Waals surface area contributed by atoms with E-state index >= 15 is 0 Å². The minimum Gasteiger partial charge on any atom is -0.490 e. The summed E-state index contributed by atoms with van der Waals surface area (Å²) in [5.74, 6) is 2.30. The predicted octanol–water partition coefficient (Wildman–Crippen LogP) is 4.29. The quantitative estimate of drug-likeness (QED) is 0.833. The van der Waals surface area contributed by atoms with Crippen LogP contribution in [0.1, 0.15) is 38.7 Å². The fourth-order valence-electron chi connectivity index (χ4n) is 2.63. The van der Waals surface area contributed by atoms with E-state index in [1.54, 1.807) is 0 Å². The lowest BCUT2D eigenvalue weighted by Crippen LogP contribution is -2.29. The van der Waals surface area contributed by atoms with Crippen molar-refractivity contribution >= 4 is 33.1 Å². The van der Waals surface area contributed by atoms with Crippen LogP contribution in [0.5, 0.6) is 5.75 Å². The van der Waals surface area contributed by atoms with Gasteiger partial charge in [-0.2, -0.15) is 0 Å². The second-order valence-corrected chi connectivity index (χ2v) is 6.78. The first kappa shape index (κ1) is 14.8. The Labute approximate surface area is 128 Å². The highest BCUT2D eigenvalue weighted by Gasteiger charge is 2.26. The number of hydrogen-bond donors (Lipinski definition) is 1. The number of rotatable bonds is 3. The molecule has 3 unspecified atom stereocenters. The van der Waals surface area contributed by atoms with Gasteiger partial charge in [-0.1, -0.05) is 32.1 Å². The predicted molar refractivity (Wildman–Crippen MR) is 86.6 cm³/mol. The van der Waals surface area contributed by atoms with Gasteiger partial charge in [-0.15, -0.1) is 0 Å². The van der Waals surface area contributed by atoms with Crippen molar-refractivity contribution in [1.82, 2.24) is 0 Å². The van der Waals surface area contributed by atoms with E-state index in [0.717, 1.165) is 34.5 Å². The molecule has 0 bridgehead atoms. The number of nitrogens with two attached hydrogens (primary N) is 1. The fourth-order valence-corrected chi connectivity index (χ4v) is 3.53. The molecule has 0 aliphatic heterocycles. The SMILES string of the molecule is CC1CCC(Oc2cccc(Br)c2C(N)=S)CC1C. The second kappa shape index (κ2) is 6.23. The molecule has 0 amide bonds. The van der Waals surface area contributed by atoms with Crippen LogP contribution in [0.4, 0.5) is 0 Å². The van der Waals surface area contributed by atoms with Crippen molar-refractivity contribution in [3.63, 3.8) is 0 Å². The lowest BCUT2D eigenvalue weighted by Gasteiger charge is -2.32. The number of halogens is 1. The number of benzene rings is 1. The molecule has 1 aromatic rings. The third-order valence-electron chi connectivity index (χ3n) is 4.07. The molecule has 0 radical (unpaired) electrons. The molecule has 0 saturated heterocycles. The van der Waals surface area contributed by atoms with Crippen molar-refractivity contribution < 1.29 is 4.74 Å². The first-order valence-corrected chi connectivity index (χ1v) is 7.94. The standard InChI is InChI=1S/C15H20BrNOS/c1-9-6-7-11(8-10(9)2)18-13-5-3-4-12(16)14(13)15(17)19/h3-5,9-11H,6-8H2,1-2H3,(H2,17,19). The Morgan fingerprint density at radius 2 is 2.05 bits per heavy atom. The van der Waals surface area contributed by atoms with Crippen LogP contribution in [0.25, 0.3) is 0 Å². The van der Waals surface area contributed by atoms with Gasteiger partial charge >= 0.3 is 0 Å². The molecule has 1 aliphatic rings. The highest BCUT2D eigenvalue weighted by molar-refractivity contribution is 9.10. The van der Waals surface area contributed by atoms with Gasteiger partial charge in [0.25, 0.3) is 0 Å². The van der Waals surface area contributed by atoms with Gasteiger partial charge in [0.1, 0.15) is 10.7 Å². The molecule has 0 heterocycles. The normalized spacial score (nSPS) is 27.0. The average Bonchev–Trinajstić information content (AvgIpc) is 2.33. The van der Waals surface area contributed by atoms with E-state index in [0.29, 0.717) is 10.9 Å². The van der Waals surface area contributed by atoms with Gasteiger partial charge in [0.05, 0.1) is 11.7 Å². The zero-order valence-electron chi connectivity index (χ0n) is 11.4. The summed E-state index contributed by atoms with van der Waals surface area (Å²) in [6, 6.07) is 5.84. The molecule has 3 atom stereocenters. The summed E-state index contributed by atoms with van der Waals surface area (Å²) in [6.07, 6.45) is 3.70. The summed E-state index contributed by atoms with van der Waals surface area (Å²) >= 11 is 8.60. The van der Waals surface area contributed by atoms with Crippen LogP contribution in [0.3, 0.4) is 0 Å². The van der Waals surface area contributed by atoms with Gasteiger partial charge in [-0.3, -0.25) is 0 Å². The molecule has 19 heavy (non-hydrogen) atoms. The smallest absolute Gasteiger partial charge is 0.131 e. The summed E-state index contributed by atoms with van der Waals surface area (Å²) < 4.78 is 7.05. The molecule has 0 aromatic heterocycles. The Kier molecular flexibility index (Phi) is 4.85. The van der Waals surface area contributed by atoms with E-state index in [-0.39, 0.29) is 6.10 Å². The first-order chi connectivity index (χ1) is 8.99. The molecule has 1 fully saturated rings. The maximum absolute atomic E-state index is 6.15. The number of hydrogen-bond acceptors (Lipinski definition) is 2. The van der Waals surface area contributed by atoms with E-state index < -0.39 is 0 Å². The molecule has 104 valence electrons. The van der Waals surface area contributed by atoms with E-state index in [2.05, 4.69) is 29.8 Å². The van der Waals surface area contributed by atoms with Gasteiger partial charge in [0.2, 0.25) is 0 Å². The average molecular weight is 342 g/mol. The minimum absolute atomic E-state index is 0.272. The van der Waals surface area contributed by atoms with Crippen molar-refractivity contribution in [3.05, 3.63) is 28.2 Å². The van der Waals surface area contributed by atoms with Crippen molar-refractivity contribution in [2.24, 2.45) is 17.6 Å². The maximum atomic E-state index is 6.15. The summed E-state index contributed by atoms with van der Waals surface area (Å²) in [4.78, 5) is 0.375. The summed E-state index contributed by atoms with van der Waals surface area (Å²) in [6.45, 7) is 4.62. The van der Waals surface area contributed by atoms with Crippen LogP contribution in [-0.2, 0) is 0 Å². The van der Waals surface area contributed by atoms with Crippen molar-refractivity contribution in [1.29, 1.82) is 0 Å². The van der Waals surface area contributed by atoms with E-state index in [1.165, 1.54) is 6.42 Å². The fraction of sp³-hybridized carbons (Fsp3) is 0.533. The third kappa shape index (κ3) is 3.48. The molecule has 2 nitrogen and oxygen atoms in total. The highest BCUT2D eigenvalue weighted by Crippen LogP contribution is 2.34. The lowest BCUT2D eigenvalue weighted by molar-refractivity contribution is 0.100.